The summed E-state index contributed by atoms with van der Waals surface area (Å²) in [6.45, 7) is 1.83. The van der Waals surface area contributed by atoms with Gasteiger partial charge in [0.1, 0.15) is 0 Å². The monoisotopic (exact) mass is 442 g/mol. The molecular weight excluding hydrogens is 424 g/mol. The van der Waals surface area contributed by atoms with Gasteiger partial charge in [-0.05, 0) is 60.1 Å². The summed E-state index contributed by atoms with van der Waals surface area (Å²) in [5, 5.41) is 0. The number of carbonyl (C=O) groups is 2. The first-order valence-corrected chi connectivity index (χ1v) is 9.72. The molecule has 0 radical (unpaired) electrons. The van der Waals surface area contributed by atoms with Crippen LogP contribution >= 0.6 is 31.9 Å². The fourth-order valence-electron chi connectivity index (χ4n) is 3.40. The second kappa shape index (κ2) is 7.45. The van der Waals surface area contributed by atoms with Crippen molar-refractivity contribution in [3.05, 3.63) is 27.1 Å². The van der Waals surface area contributed by atoms with Gasteiger partial charge in [-0.3, -0.25) is 14.5 Å². The Morgan fingerprint density at radius 3 is 2.26 bits per heavy atom. The zero-order valence-corrected chi connectivity index (χ0v) is 16.1. The zero-order chi connectivity index (χ0) is 16.4. The van der Waals surface area contributed by atoms with E-state index in [0.717, 1.165) is 34.9 Å². The van der Waals surface area contributed by atoms with Gasteiger partial charge >= 0.3 is 0 Å². The number of imide groups is 1. The highest BCUT2D eigenvalue weighted by Gasteiger charge is 2.43. The Morgan fingerprint density at radius 2 is 1.61 bits per heavy atom. The molecule has 2 amide bonds. The maximum absolute atomic E-state index is 12.9. The molecule has 1 aromatic rings. The normalized spacial score (nSPS) is 23.9. The molecule has 0 saturated carbocycles. The zero-order valence-electron chi connectivity index (χ0n) is 12.9. The van der Waals surface area contributed by atoms with Crippen LogP contribution in [0.1, 0.15) is 38.5 Å². The van der Waals surface area contributed by atoms with Crippen molar-refractivity contribution >= 4 is 49.4 Å². The van der Waals surface area contributed by atoms with Gasteiger partial charge in [0.2, 0.25) is 5.91 Å². The lowest BCUT2D eigenvalue weighted by Gasteiger charge is -2.29. The highest BCUT2D eigenvalue weighted by atomic mass is 79.9. The van der Waals surface area contributed by atoms with Crippen molar-refractivity contribution in [3.8, 4) is 0 Å². The number of carbonyl (C=O) groups excluding carboxylic acids is 2. The van der Waals surface area contributed by atoms with E-state index >= 15 is 0 Å². The first kappa shape index (κ1) is 17.1. The smallest absolute Gasteiger partial charge is 0.251 e. The summed E-state index contributed by atoms with van der Waals surface area (Å²) in [7, 11) is 0. The summed E-state index contributed by atoms with van der Waals surface area (Å²) in [5.41, 5.74) is 0.637. The van der Waals surface area contributed by atoms with E-state index in [0.29, 0.717) is 12.1 Å². The summed E-state index contributed by atoms with van der Waals surface area (Å²) in [4.78, 5) is 28.9. The summed E-state index contributed by atoms with van der Waals surface area (Å²) in [5.74, 6) is -0.191. The lowest BCUT2D eigenvalue weighted by Crippen LogP contribution is -2.43. The number of nitrogens with zero attached hydrogens (tertiary/aromatic N) is 2. The summed E-state index contributed by atoms with van der Waals surface area (Å²) >= 11 is 6.86. The fourth-order valence-corrected chi connectivity index (χ4v) is 4.62. The van der Waals surface area contributed by atoms with Gasteiger partial charge in [0.25, 0.3) is 5.91 Å². The molecule has 23 heavy (non-hydrogen) atoms. The first-order valence-electron chi connectivity index (χ1n) is 8.14. The minimum absolute atomic E-state index is 0.0846. The van der Waals surface area contributed by atoms with Gasteiger partial charge in [0.15, 0.2) is 0 Å². The van der Waals surface area contributed by atoms with Crippen LogP contribution < -0.4 is 4.90 Å². The number of hydrogen-bond acceptors (Lipinski definition) is 3. The standard InChI is InChI=1S/C17H20Br2N2O2/c18-12-6-7-14(13(19)10-12)21-16(22)11-15(17(21)23)20-8-4-2-1-3-5-9-20/h6-7,10,15H,1-5,8-9,11H2/t15-/m0/s1. The lowest BCUT2D eigenvalue weighted by molar-refractivity contribution is -0.123. The predicted octanol–water partition coefficient (Wildman–Crippen LogP) is 4.11. The summed E-state index contributed by atoms with van der Waals surface area (Å²) in [6.07, 6.45) is 6.23. The third-order valence-corrected chi connectivity index (χ3v) is 5.73. The van der Waals surface area contributed by atoms with Gasteiger partial charge in [0.05, 0.1) is 18.2 Å². The minimum Gasteiger partial charge on any atom is -0.292 e. The Morgan fingerprint density at radius 1 is 0.957 bits per heavy atom. The predicted molar refractivity (Wildman–Crippen MR) is 97.4 cm³/mol. The molecule has 4 nitrogen and oxygen atoms in total. The molecule has 0 N–H and O–H groups in total. The number of benzene rings is 1. The van der Waals surface area contributed by atoms with Gasteiger partial charge in [-0.15, -0.1) is 0 Å². The largest absolute Gasteiger partial charge is 0.292 e. The molecule has 2 saturated heterocycles. The van der Waals surface area contributed by atoms with E-state index < -0.39 is 0 Å². The van der Waals surface area contributed by atoms with Crippen LogP contribution in [0.25, 0.3) is 0 Å². The van der Waals surface area contributed by atoms with Crippen LogP contribution in [0.15, 0.2) is 27.1 Å². The topological polar surface area (TPSA) is 40.6 Å². The van der Waals surface area contributed by atoms with E-state index in [4.69, 9.17) is 0 Å². The van der Waals surface area contributed by atoms with Crippen molar-refractivity contribution in [2.24, 2.45) is 0 Å². The molecule has 0 aliphatic carbocycles. The van der Waals surface area contributed by atoms with E-state index in [1.165, 1.54) is 24.2 Å². The molecule has 3 rings (SSSR count). The van der Waals surface area contributed by atoms with E-state index in [-0.39, 0.29) is 17.9 Å². The van der Waals surface area contributed by atoms with Crippen LogP contribution in [0.5, 0.6) is 0 Å². The molecule has 1 atom stereocenters. The summed E-state index contributed by atoms with van der Waals surface area (Å²) < 4.78 is 1.66. The third-order valence-electron chi connectivity index (χ3n) is 4.60. The molecule has 6 heteroatoms. The van der Waals surface area contributed by atoms with E-state index in [9.17, 15) is 9.59 Å². The van der Waals surface area contributed by atoms with Gasteiger partial charge in [-0.1, -0.05) is 35.2 Å². The van der Waals surface area contributed by atoms with E-state index in [1.54, 1.807) is 6.07 Å². The number of likely N-dealkylation sites (tertiary alicyclic amines) is 1. The molecule has 0 unspecified atom stereocenters. The third kappa shape index (κ3) is 3.69. The highest BCUT2D eigenvalue weighted by molar-refractivity contribution is 9.11. The van der Waals surface area contributed by atoms with E-state index in [1.807, 2.05) is 12.1 Å². The van der Waals surface area contributed by atoms with Crippen LogP contribution in [-0.2, 0) is 9.59 Å². The maximum atomic E-state index is 12.9. The van der Waals surface area contributed by atoms with Crippen molar-refractivity contribution in [1.29, 1.82) is 0 Å². The first-order chi connectivity index (χ1) is 11.1. The molecule has 2 aliphatic heterocycles. The Labute approximate surface area is 153 Å². The quantitative estimate of drug-likeness (QED) is 0.645. The Hall–Kier alpha value is -0.720. The molecule has 0 bridgehead atoms. The second-order valence-corrected chi connectivity index (χ2v) is 7.96. The molecule has 2 heterocycles. The van der Waals surface area contributed by atoms with Gasteiger partial charge in [0, 0.05) is 8.95 Å². The van der Waals surface area contributed by atoms with Crippen molar-refractivity contribution in [1.82, 2.24) is 4.90 Å². The van der Waals surface area contributed by atoms with Crippen LogP contribution in [0, 0.1) is 0 Å². The Kier molecular flexibility index (Phi) is 5.54. The number of anilines is 1. The molecule has 1 aromatic carbocycles. The minimum atomic E-state index is -0.295. The van der Waals surface area contributed by atoms with Crippen LogP contribution in [0.4, 0.5) is 5.69 Å². The number of amides is 2. The lowest BCUT2D eigenvalue weighted by atomic mass is 10.1. The van der Waals surface area contributed by atoms with Crippen LogP contribution in [0.2, 0.25) is 0 Å². The highest BCUT2D eigenvalue weighted by Crippen LogP contribution is 2.34. The number of hydrogen-bond donors (Lipinski definition) is 0. The number of halogens is 2. The average molecular weight is 444 g/mol. The molecule has 2 aliphatic rings. The molecular formula is C17H20Br2N2O2. The van der Waals surface area contributed by atoms with Crippen molar-refractivity contribution in [2.45, 2.75) is 44.6 Å². The van der Waals surface area contributed by atoms with Gasteiger partial charge < -0.3 is 0 Å². The molecule has 0 aromatic heterocycles. The second-order valence-electron chi connectivity index (χ2n) is 6.19. The van der Waals surface area contributed by atoms with Crippen molar-refractivity contribution in [2.75, 3.05) is 18.0 Å². The SMILES string of the molecule is O=C1C[C@H](N2CCCCCCC2)C(=O)N1c1ccc(Br)cc1Br. The van der Waals surface area contributed by atoms with Gasteiger partial charge in [-0.25, -0.2) is 4.90 Å². The average Bonchev–Trinajstić information content (AvgIpc) is 2.75. The molecule has 0 spiro atoms. The Bertz CT molecular complexity index is 613. The van der Waals surface area contributed by atoms with Crippen molar-refractivity contribution in [3.63, 3.8) is 0 Å². The Balaban J connectivity index is 1.81. The number of rotatable bonds is 2. The van der Waals surface area contributed by atoms with Gasteiger partial charge in [-0.2, -0.15) is 0 Å². The molecule has 2 fully saturated rings. The van der Waals surface area contributed by atoms with E-state index in [2.05, 4.69) is 36.8 Å². The van der Waals surface area contributed by atoms with Crippen LogP contribution in [-0.4, -0.2) is 35.8 Å². The summed E-state index contributed by atoms with van der Waals surface area (Å²) in [6, 6.07) is 5.22. The maximum Gasteiger partial charge on any atom is 0.251 e. The van der Waals surface area contributed by atoms with Crippen LogP contribution in [0.3, 0.4) is 0 Å². The molecule has 124 valence electrons. The van der Waals surface area contributed by atoms with Crippen molar-refractivity contribution < 1.29 is 9.59 Å². The fraction of sp³-hybridized carbons (Fsp3) is 0.529.